The van der Waals surface area contributed by atoms with Crippen molar-refractivity contribution in [1.29, 1.82) is 0 Å². The van der Waals surface area contributed by atoms with Gasteiger partial charge in [-0.2, -0.15) is 14.5 Å². The number of amides is 1. The fourth-order valence-corrected chi connectivity index (χ4v) is 18.2. The molecule has 2 bridgehead atoms. The highest BCUT2D eigenvalue weighted by Gasteiger charge is 2.68. The molecule has 7 aliphatic rings. The minimum absolute atomic E-state index is 0.120. The summed E-state index contributed by atoms with van der Waals surface area (Å²) in [6.07, 6.45) is 27.7. The first kappa shape index (κ1) is 90.0. The standard InChI is InChI=1S/C17H21ClN2O.C17H24ClNO.C15H23NO2S.C14H18.C12H16O2.C12H14O.C11H14N2/c1-4-5-8-17(19-20-17)9-10-21-16-7-6-14(11-13(2)3)12-15(16)18;1-12(2)10-14-6-8-19(9-7-14)17(20)15-5-4-13(3)16(18)11-15;1-13(2)12-14-8-10-16(11-9-14)19(17,18)15-6-4-3-5-7-15;1-11(2)13-8-14(9-13,10-13)12-6-4-3-5-7-12;1-9(2)3-4-10-5-6-11-12(7-10)14-8-13-11;1-9(2)7-10-3-4-12-11(8-10)5-6-13-12;1-8(2)5-9-3-4-10-11(6-9)13-7-12-10/h1,6-7,12-13H,5,8-11H2,2-3H3;4-5,11-12,14H,6-10H2,1-3H3;3-7,13-14H,8-12H2,1-2H3;3-7,11H,8-10H2,1-2H3;5-7,9H,3-4,8H2,1-2H3;3-6,8-9H,7H2,1-2H3;3-4,6-8H,5H2,1-2H3,(H,12,13). The number of sulfonamides is 1. The Hall–Kier alpha value is -7.93. The molecule has 0 radical (unpaired) electrons. The second kappa shape index (κ2) is 42.8. The Kier molecular flexibility index (Phi) is 33.8. The molecule has 16 rings (SSSR count). The van der Waals surface area contributed by atoms with Gasteiger partial charge in [-0.3, -0.25) is 4.79 Å². The molecule has 1 N–H and O–H groups in total. The maximum atomic E-state index is 12.5. The number of H-pyrrole nitrogens is 1. The number of rotatable bonds is 24. The molecule has 13 nitrogen and oxygen atoms in total. The van der Waals surface area contributed by atoms with E-state index in [-0.39, 0.29) is 11.6 Å². The number of hydrogen-bond donors (Lipinski definition) is 1. The molecule has 0 unspecified atom stereocenters. The number of furan rings is 1. The highest BCUT2D eigenvalue weighted by molar-refractivity contribution is 7.89. The van der Waals surface area contributed by atoms with Crippen LogP contribution in [0.5, 0.6) is 17.2 Å². The third-order valence-electron chi connectivity index (χ3n) is 22.8. The lowest BCUT2D eigenvalue weighted by molar-refractivity contribution is -0.172. The molecular weight excluding hydrogens is 1480 g/mol. The number of aromatic nitrogens is 2. The summed E-state index contributed by atoms with van der Waals surface area (Å²) < 4.78 is 48.1. The average molecular weight is 1610 g/mol. The SMILES string of the molecule is C#CCCC1(CCOc2ccc(CC(C)C)cc2Cl)N=N1.CC(C)C12CC(c3ccccc3)(C1)C2.CC(C)CC1CCN(S(=O)(=O)c2ccccc2)CC1.CC(C)CCc1ccc2c(c1)OCO2.CC(C)Cc1ccc2nc[nH]c2c1.CC(C)Cc1ccc2occc2c1.Cc1ccc(C(=O)N2CCC(CC(C)C)CC2)cc1Cl. The Bertz CT molecular complexity index is 4530. The molecule has 3 saturated carbocycles. The fourth-order valence-electron chi connectivity index (χ4n) is 16.3. The van der Waals surface area contributed by atoms with Gasteiger partial charge in [-0.05, 0) is 273 Å². The van der Waals surface area contributed by atoms with E-state index in [1.54, 1.807) is 52.8 Å². The number of hydrogen-bond acceptors (Lipinski definition) is 10. The van der Waals surface area contributed by atoms with Crippen molar-refractivity contribution >= 4 is 61.1 Å². The summed E-state index contributed by atoms with van der Waals surface area (Å²) in [4.78, 5) is 22.1. The monoisotopic (exact) mass is 1600 g/mol. The van der Waals surface area contributed by atoms with Gasteiger partial charge in [-0.15, -0.1) is 12.3 Å². The zero-order chi connectivity index (χ0) is 82.2. The predicted molar refractivity (Wildman–Crippen MR) is 472 cm³/mol. The van der Waals surface area contributed by atoms with Crippen molar-refractivity contribution in [2.45, 2.75) is 229 Å². The number of nitrogens with zero attached hydrogens (tertiary/aromatic N) is 5. The number of terminal acetylenes is 1. The second-order valence-electron chi connectivity index (χ2n) is 35.5. The van der Waals surface area contributed by atoms with Crippen LogP contribution in [0, 0.1) is 77.9 Å². The van der Waals surface area contributed by atoms with Gasteiger partial charge in [0, 0.05) is 61.4 Å². The summed E-state index contributed by atoms with van der Waals surface area (Å²) in [6.45, 7) is 37.5. The zero-order valence-electron chi connectivity index (χ0n) is 71.0. The number of ether oxygens (including phenoxy) is 3. The first-order valence-corrected chi connectivity index (χ1v) is 44.4. The van der Waals surface area contributed by atoms with Crippen molar-refractivity contribution in [3.63, 3.8) is 0 Å². The molecule has 16 heteroatoms. The van der Waals surface area contributed by atoms with Gasteiger partial charge in [0.2, 0.25) is 16.8 Å². The molecule has 114 heavy (non-hydrogen) atoms. The van der Waals surface area contributed by atoms with Crippen LogP contribution in [0.25, 0.3) is 22.0 Å². The average Bonchev–Trinajstić information content (AvgIpc) is 0.736. The lowest BCUT2D eigenvalue weighted by Gasteiger charge is -2.73. The molecule has 7 aromatic carbocycles. The quantitative estimate of drug-likeness (QED) is 0.0587. The number of carbonyl (C=O) groups excluding carboxylic acids is 1. The number of halogens is 2. The third kappa shape index (κ3) is 26.8. The van der Waals surface area contributed by atoms with E-state index >= 15 is 0 Å². The Labute approximate surface area is 694 Å². The maximum absolute atomic E-state index is 12.5. The molecule has 6 heterocycles. The normalized spacial score (nSPS) is 17.9. The van der Waals surface area contributed by atoms with E-state index in [9.17, 15) is 13.2 Å². The second-order valence-corrected chi connectivity index (χ2v) is 38.3. The number of piperidine rings is 2. The van der Waals surface area contributed by atoms with Gasteiger partial charge in [0.05, 0.1) is 40.1 Å². The molecule has 5 fully saturated rings. The largest absolute Gasteiger partial charge is 0.492 e. The van der Waals surface area contributed by atoms with Crippen LogP contribution in [0.15, 0.2) is 190 Å². The van der Waals surface area contributed by atoms with Gasteiger partial charge >= 0.3 is 0 Å². The molecule has 2 saturated heterocycles. The highest BCUT2D eigenvalue weighted by atomic mass is 35.5. The molecule has 0 atom stereocenters. The van der Waals surface area contributed by atoms with Crippen molar-refractivity contribution in [2.24, 2.45) is 68.9 Å². The third-order valence-corrected chi connectivity index (χ3v) is 25.4. The van der Waals surface area contributed by atoms with E-state index < -0.39 is 10.0 Å². The summed E-state index contributed by atoms with van der Waals surface area (Å²) in [5.41, 5.74) is 12.9. The lowest BCUT2D eigenvalue weighted by Crippen LogP contribution is -2.66. The van der Waals surface area contributed by atoms with Crippen LogP contribution in [0.2, 0.25) is 10.0 Å². The minimum Gasteiger partial charge on any atom is -0.492 e. The molecule has 1 amide bonds. The van der Waals surface area contributed by atoms with Crippen LogP contribution in [-0.2, 0) is 41.1 Å². The Morgan fingerprint density at radius 3 is 1.77 bits per heavy atom. The van der Waals surface area contributed by atoms with Crippen LogP contribution < -0.4 is 14.2 Å². The summed E-state index contributed by atoms with van der Waals surface area (Å²) in [6, 6.07) is 52.5. The number of likely N-dealkylation sites (tertiary alicyclic amines) is 1. The van der Waals surface area contributed by atoms with Gasteiger partial charge in [-0.1, -0.05) is 199 Å². The van der Waals surface area contributed by atoms with Gasteiger partial charge in [0.15, 0.2) is 17.2 Å². The predicted octanol–water partition coefficient (Wildman–Crippen LogP) is 25.7. The Morgan fingerprint density at radius 1 is 0.614 bits per heavy atom. The maximum Gasteiger partial charge on any atom is 0.253 e. The summed E-state index contributed by atoms with van der Waals surface area (Å²) in [7, 11) is -3.28. The number of aryl methyl sites for hydroxylation is 2. The van der Waals surface area contributed by atoms with Gasteiger partial charge in [0.25, 0.3) is 5.91 Å². The van der Waals surface area contributed by atoms with E-state index in [4.69, 9.17) is 48.3 Å². The van der Waals surface area contributed by atoms with Crippen LogP contribution in [-0.4, -0.2) is 78.7 Å². The van der Waals surface area contributed by atoms with Crippen molar-refractivity contribution < 1.29 is 31.8 Å². The zero-order valence-corrected chi connectivity index (χ0v) is 73.3. The van der Waals surface area contributed by atoms with E-state index in [0.29, 0.717) is 88.4 Å². The molecule has 0 spiro atoms. The van der Waals surface area contributed by atoms with Crippen molar-refractivity contribution in [3.8, 4) is 29.6 Å². The fraction of sp³-hybridized carbons (Fsp3) is 0.510. The van der Waals surface area contributed by atoms with Crippen LogP contribution in [0.1, 0.15) is 224 Å². The molecular formula is C98H130Cl2N6O7S. The number of benzene rings is 7. The smallest absolute Gasteiger partial charge is 0.253 e. The molecule has 4 aliphatic heterocycles. The number of aromatic amines is 1. The van der Waals surface area contributed by atoms with E-state index in [0.717, 1.165) is 146 Å². The van der Waals surface area contributed by atoms with Crippen molar-refractivity contribution in [3.05, 3.63) is 219 Å². The molecule has 9 aromatic rings. The highest BCUT2D eigenvalue weighted by Crippen LogP contribution is 2.76. The summed E-state index contributed by atoms with van der Waals surface area (Å²) in [5.74, 6) is 11.8. The van der Waals surface area contributed by atoms with Crippen LogP contribution in [0.3, 0.4) is 0 Å². The van der Waals surface area contributed by atoms with Crippen LogP contribution >= 0.6 is 23.2 Å². The first-order chi connectivity index (χ1) is 54.4. The van der Waals surface area contributed by atoms with E-state index in [2.05, 4.69) is 202 Å². The Morgan fingerprint density at radius 2 is 1.19 bits per heavy atom. The minimum atomic E-state index is -3.28. The van der Waals surface area contributed by atoms with Crippen molar-refractivity contribution in [2.75, 3.05) is 39.6 Å². The number of fused-ring (bicyclic) bond motifs is 3. The molecule has 2 aromatic heterocycles. The number of carbonyl (C=O) groups is 1. The van der Waals surface area contributed by atoms with E-state index in [1.165, 1.54) is 66.2 Å². The first-order valence-electron chi connectivity index (χ1n) is 42.2. The van der Waals surface area contributed by atoms with Crippen molar-refractivity contribution in [1.82, 2.24) is 19.2 Å². The molecule has 614 valence electrons. The Balaban J connectivity index is 0.000000153. The van der Waals surface area contributed by atoms with Gasteiger partial charge in [-0.25, -0.2) is 13.4 Å². The molecule has 3 aliphatic carbocycles. The number of imidazole rings is 1. The van der Waals surface area contributed by atoms with Gasteiger partial charge in [0.1, 0.15) is 11.3 Å². The number of nitrogens with one attached hydrogen (secondary N) is 1. The van der Waals surface area contributed by atoms with E-state index in [1.807, 2.05) is 60.4 Å². The topological polar surface area (TPSA) is 152 Å². The lowest BCUT2D eigenvalue weighted by atomic mass is 9.31. The van der Waals surface area contributed by atoms with Gasteiger partial charge < -0.3 is 28.5 Å². The van der Waals surface area contributed by atoms with Crippen LogP contribution in [0.4, 0.5) is 0 Å². The summed E-state index contributed by atoms with van der Waals surface area (Å²) in [5, 5.41) is 10.7. The summed E-state index contributed by atoms with van der Waals surface area (Å²) >= 11 is 12.4.